The number of hydrogen-bond donors (Lipinski definition) is 1. The van der Waals surface area contributed by atoms with Crippen molar-refractivity contribution >= 4 is 6.47 Å². The topological polar surface area (TPSA) is 70.1 Å². The fraction of sp³-hybridized carbons (Fsp3) is 0.333. The van der Waals surface area contributed by atoms with E-state index in [4.69, 9.17) is 5.84 Å². The molecule has 1 aromatic heterocycles. The van der Waals surface area contributed by atoms with Gasteiger partial charge in [0.2, 0.25) is 0 Å². The lowest BCUT2D eigenvalue weighted by Gasteiger charge is -1.79. The lowest BCUT2D eigenvalue weighted by atomic mass is 10.9. The van der Waals surface area contributed by atoms with Crippen molar-refractivity contribution in [3.05, 3.63) is 18.7 Å². The highest BCUT2D eigenvalue weighted by Gasteiger charge is 1.69. The Labute approximate surface area is 64.8 Å². The van der Waals surface area contributed by atoms with Crippen LogP contribution in [0.1, 0.15) is 6.92 Å². The van der Waals surface area contributed by atoms with Crippen molar-refractivity contribution in [2.75, 3.05) is 12.4 Å². The van der Waals surface area contributed by atoms with Gasteiger partial charge in [-0.15, -0.1) is 0 Å². The molecule has 62 valence electrons. The van der Waals surface area contributed by atoms with Gasteiger partial charge in [0, 0.05) is 12.4 Å². The summed E-state index contributed by atoms with van der Waals surface area (Å²) in [5.41, 5.74) is 0. The molecule has 0 atom stereocenters. The monoisotopic (exact) mass is 157 g/mol. The summed E-state index contributed by atoms with van der Waals surface area (Å²) in [6.07, 6.45) is 4.82. The molecule has 0 aliphatic heterocycles. The first kappa shape index (κ1) is 9.48. The number of carbonyl (C=O) groups excluding carboxylic acids is 1. The van der Waals surface area contributed by atoms with Gasteiger partial charge in [-0.1, -0.05) is 0 Å². The number of nitrogen functional groups attached to an aromatic ring is 1. The zero-order valence-electron chi connectivity index (χ0n) is 6.30. The summed E-state index contributed by atoms with van der Waals surface area (Å²) in [5.74, 6) is 5.13. The molecule has 0 aromatic carbocycles. The maximum absolute atomic E-state index is 9.18. The van der Waals surface area contributed by atoms with Crippen LogP contribution in [0.4, 0.5) is 0 Å². The zero-order valence-corrected chi connectivity index (χ0v) is 6.30. The zero-order chi connectivity index (χ0) is 8.53. The van der Waals surface area contributed by atoms with E-state index in [9.17, 15) is 4.79 Å². The van der Waals surface area contributed by atoms with E-state index in [1.54, 1.807) is 19.3 Å². The van der Waals surface area contributed by atoms with Crippen molar-refractivity contribution in [2.45, 2.75) is 6.92 Å². The molecule has 0 bridgehead atoms. The second-order valence-corrected chi connectivity index (χ2v) is 1.56. The van der Waals surface area contributed by atoms with Crippen LogP contribution in [0, 0.1) is 0 Å². The maximum Gasteiger partial charge on any atom is 0.293 e. The average molecular weight is 157 g/mol. The van der Waals surface area contributed by atoms with Gasteiger partial charge in [0.15, 0.2) is 0 Å². The van der Waals surface area contributed by atoms with Crippen molar-refractivity contribution < 1.29 is 9.53 Å². The van der Waals surface area contributed by atoms with E-state index in [1.807, 2.05) is 0 Å². The number of imidazole rings is 1. The predicted octanol–water partition coefficient (Wildman–Crippen LogP) is -0.224. The molecule has 0 radical (unpaired) electrons. The molecule has 0 saturated heterocycles. The van der Waals surface area contributed by atoms with Gasteiger partial charge in [-0.25, -0.2) is 4.98 Å². The Morgan fingerprint density at radius 3 is 2.64 bits per heavy atom. The Kier molecular flexibility index (Phi) is 5.69. The molecule has 0 spiro atoms. The highest BCUT2D eigenvalue weighted by atomic mass is 16.5. The van der Waals surface area contributed by atoms with E-state index in [-0.39, 0.29) is 0 Å². The Balaban J connectivity index is 0.000000187. The van der Waals surface area contributed by atoms with Gasteiger partial charge >= 0.3 is 0 Å². The van der Waals surface area contributed by atoms with E-state index in [0.29, 0.717) is 13.1 Å². The summed E-state index contributed by atoms with van der Waals surface area (Å²) in [5, 5.41) is 0. The Morgan fingerprint density at radius 2 is 2.55 bits per heavy atom. The summed E-state index contributed by atoms with van der Waals surface area (Å²) in [4.78, 5) is 12.8. The number of ether oxygens (including phenoxy) is 1. The van der Waals surface area contributed by atoms with E-state index in [0.717, 1.165) is 0 Å². The van der Waals surface area contributed by atoms with Gasteiger partial charge in [-0.2, -0.15) is 0 Å². The summed E-state index contributed by atoms with van der Waals surface area (Å²) in [6, 6.07) is 0. The van der Waals surface area contributed by atoms with Crippen molar-refractivity contribution in [1.29, 1.82) is 0 Å². The largest absolute Gasteiger partial charge is 0.468 e. The fourth-order valence-corrected chi connectivity index (χ4v) is 0.337. The normalized spacial score (nSPS) is 7.73. The number of hydrogen-bond acceptors (Lipinski definition) is 4. The molecule has 11 heavy (non-hydrogen) atoms. The number of rotatable bonds is 2. The van der Waals surface area contributed by atoms with Crippen molar-refractivity contribution in [3.8, 4) is 0 Å². The van der Waals surface area contributed by atoms with Gasteiger partial charge in [0.1, 0.15) is 6.33 Å². The molecule has 1 aromatic rings. The van der Waals surface area contributed by atoms with E-state index < -0.39 is 0 Å². The molecule has 1 rings (SSSR count). The van der Waals surface area contributed by atoms with E-state index >= 15 is 0 Å². The molecule has 0 aliphatic carbocycles. The molecule has 0 unspecified atom stereocenters. The standard InChI is InChI=1S/C3H5N3.C3H6O2/c4-6-2-1-5-3-6;1-2-5-3-4/h1-3H,4H2;3H,2H2,1H3. The minimum Gasteiger partial charge on any atom is -0.468 e. The quantitative estimate of drug-likeness (QED) is 0.475. The van der Waals surface area contributed by atoms with Crippen LogP contribution in [-0.2, 0) is 9.53 Å². The van der Waals surface area contributed by atoms with Crippen LogP contribution >= 0.6 is 0 Å². The third kappa shape index (κ3) is 6.36. The fourth-order valence-electron chi connectivity index (χ4n) is 0.337. The highest BCUT2D eigenvalue weighted by Crippen LogP contribution is 1.69. The first-order valence-corrected chi connectivity index (χ1v) is 3.09. The lowest BCUT2D eigenvalue weighted by Crippen LogP contribution is -2.02. The first-order chi connectivity index (χ1) is 5.31. The van der Waals surface area contributed by atoms with E-state index in [2.05, 4.69) is 9.72 Å². The smallest absolute Gasteiger partial charge is 0.293 e. The Hall–Kier alpha value is -1.52. The van der Waals surface area contributed by atoms with E-state index in [1.165, 1.54) is 11.0 Å². The summed E-state index contributed by atoms with van der Waals surface area (Å²) < 4.78 is 5.54. The third-order valence-electron chi connectivity index (χ3n) is 0.760. The first-order valence-electron chi connectivity index (χ1n) is 3.09. The molecular weight excluding hydrogens is 146 g/mol. The molecule has 5 heteroatoms. The Morgan fingerprint density at radius 1 is 1.82 bits per heavy atom. The number of aromatic nitrogens is 2. The lowest BCUT2D eigenvalue weighted by molar-refractivity contribution is -0.128. The van der Waals surface area contributed by atoms with Crippen molar-refractivity contribution in [3.63, 3.8) is 0 Å². The number of nitrogens with zero attached hydrogens (tertiary/aromatic N) is 2. The van der Waals surface area contributed by atoms with Crippen LogP contribution < -0.4 is 5.84 Å². The number of nitrogens with two attached hydrogens (primary N) is 1. The summed E-state index contributed by atoms with van der Waals surface area (Å²) in [7, 11) is 0. The van der Waals surface area contributed by atoms with Gasteiger partial charge in [0.05, 0.1) is 6.61 Å². The summed E-state index contributed by atoms with van der Waals surface area (Å²) in [6.45, 7) is 2.66. The van der Waals surface area contributed by atoms with Crippen LogP contribution in [0.15, 0.2) is 18.7 Å². The minimum absolute atomic E-state index is 0.431. The van der Waals surface area contributed by atoms with Gasteiger partial charge < -0.3 is 10.6 Å². The maximum atomic E-state index is 9.18. The minimum atomic E-state index is 0.431. The van der Waals surface area contributed by atoms with Gasteiger partial charge in [-0.3, -0.25) is 9.47 Å². The SMILES string of the molecule is CCOC=O.Nn1ccnc1. The van der Waals surface area contributed by atoms with Crippen molar-refractivity contribution in [1.82, 2.24) is 9.66 Å². The molecule has 0 aliphatic rings. The van der Waals surface area contributed by atoms with Gasteiger partial charge in [-0.05, 0) is 6.92 Å². The molecule has 0 saturated carbocycles. The molecule has 0 fully saturated rings. The van der Waals surface area contributed by atoms with Gasteiger partial charge in [0.25, 0.3) is 6.47 Å². The second-order valence-electron chi connectivity index (χ2n) is 1.56. The Bertz CT molecular complexity index is 174. The second kappa shape index (κ2) is 6.60. The molecule has 0 amide bonds. The molecule has 5 nitrogen and oxygen atoms in total. The highest BCUT2D eigenvalue weighted by molar-refractivity contribution is 5.36. The summed E-state index contributed by atoms with van der Waals surface area (Å²) >= 11 is 0. The molecule has 1 heterocycles. The van der Waals surface area contributed by atoms with Crippen LogP contribution in [0.3, 0.4) is 0 Å². The van der Waals surface area contributed by atoms with Crippen LogP contribution in [-0.4, -0.2) is 22.7 Å². The van der Waals surface area contributed by atoms with Crippen LogP contribution in [0.2, 0.25) is 0 Å². The number of carbonyl (C=O) groups is 1. The third-order valence-corrected chi connectivity index (χ3v) is 0.760. The predicted molar refractivity (Wildman–Crippen MR) is 40.1 cm³/mol. The molecule has 2 N–H and O–H groups in total. The average Bonchev–Trinajstić information content (AvgIpc) is 2.43. The van der Waals surface area contributed by atoms with Crippen LogP contribution in [0.25, 0.3) is 0 Å². The molecular formula is C6H11N3O2. The van der Waals surface area contributed by atoms with Crippen molar-refractivity contribution in [2.24, 2.45) is 0 Å². The van der Waals surface area contributed by atoms with Crippen LogP contribution in [0.5, 0.6) is 0 Å².